The van der Waals surface area contributed by atoms with Gasteiger partial charge in [-0.3, -0.25) is 4.98 Å². The Bertz CT molecular complexity index is 708. The maximum Gasteiger partial charge on any atom is 0.161 e. The van der Waals surface area contributed by atoms with E-state index in [4.69, 9.17) is 21.1 Å². The molecule has 2 heterocycles. The number of rotatable bonds is 5. The Labute approximate surface area is 146 Å². The summed E-state index contributed by atoms with van der Waals surface area (Å²) in [4.78, 5) is 10.7. The first kappa shape index (κ1) is 15.5. The Balaban J connectivity index is 1.45. The van der Waals surface area contributed by atoms with Crippen molar-refractivity contribution in [3.05, 3.63) is 41.8 Å². The van der Waals surface area contributed by atoms with Crippen LogP contribution < -0.4 is 14.4 Å². The lowest BCUT2D eigenvalue weighted by atomic mass is 10.1. The minimum atomic E-state index is 0.100. The SMILES string of the molecule is Clc1cncc(N2CCCC(Oc3ccccc3OC3CC3)C2)n1. The van der Waals surface area contributed by atoms with Gasteiger partial charge in [-0.15, -0.1) is 0 Å². The molecule has 1 saturated heterocycles. The van der Waals surface area contributed by atoms with Gasteiger partial charge in [0.2, 0.25) is 0 Å². The molecule has 0 bridgehead atoms. The van der Waals surface area contributed by atoms with Crippen molar-refractivity contribution in [2.75, 3.05) is 18.0 Å². The molecular formula is C18H20ClN3O2. The molecular weight excluding hydrogens is 326 g/mol. The fraction of sp³-hybridized carbons (Fsp3) is 0.444. The molecule has 2 fully saturated rings. The molecule has 1 saturated carbocycles. The second-order valence-corrected chi connectivity index (χ2v) is 6.68. The zero-order valence-electron chi connectivity index (χ0n) is 13.4. The first-order chi connectivity index (χ1) is 11.8. The molecule has 0 spiro atoms. The molecule has 24 heavy (non-hydrogen) atoms. The van der Waals surface area contributed by atoms with Crippen LogP contribution in [0.5, 0.6) is 11.5 Å². The van der Waals surface area contributed by atoms with Crippen LogP contribution >= 0.6 is 11.6 Å². The van der Waals surface area contributed by atoms with Crippen molar-refractivity contribution >= 4 is 17.4 Å². The largest absolute Gasteiger partial charge is 0.487 e. The van der Waals surface area contributed by atoms with Crippen molar-refractivity contribution in [2.45, 2.75) is 37.9 Å². The number of aromatic nitrogens is 2. The molecule has 0 radical (unpaired) electrons. The zero-order chi connectivity index (χ0) is 16.4. The minimum absolute atomic E-state index is 0.100. The van der Waals surface area contributed by atoms with Crippen LogP contribution in [0.1, 0.15) is 25.7 Å². The summed E-state index contributed by atoms with van der Waals surface area (Å²) in [6.45, 7) is 1.71. The third kappa shape index (κ3) is 3.73. The van der Waals surface area contributed by atoms with Crippen molar-refractivity contribution in [2.24, 2.45) is 0 Å². The van der Waals surface area contributed by atoms with E-state index in [-0.39, 0.29) is 6.10 Å². The van der Waals surface area contributed by atoms with Gasteiger partial charge in [0.15, 0.2) is 11.5 Å². The first-order valence-electron chi connectivity index (χ1n) is 8.43. The topological polar surface area (TPSA) is 47.5 Å². The van der Waals surface area contributed by atoms with Crippen molar-refractivity contribution in [1.82, 2.24) is 9.97 Å². The van der Waals surface area contributed by atoms with Gasteiger partial charge in [-0.2, -0.15) is 0 Å². The van der Waals surface area contributed by atoms with Gasteiger partial charge in [0.25, 0.3) is 0 Å². The molecule has 2 aromatic rings. The number of para-hydroxylation sites is 2. The molecule has 1 atom stereocenters. The maximum atomic E-state index is 6.25. The fourth-order valence-corrected chi connectivity index (χ4v) is 3.06. The number of ether oxygens (including phenoxy) is 2. The second kappa shape index (κ2) is 6.85. The minimum Gasteiger partial charge on any atom is -0.487 e. The summed E-state index contributed by atoms with van der Waals surface area (Å²) >= 11 is 5.96. The summed E-state index contributed by atoms with van der Waals surface area (Å²) in [5, 5.41) is 0.415. The Kier molecular flexibility index (Phi) is 4.43. The van der Waals surface area contributed by atoms with Crippen LogP contribution in [0.25, 0.3) is 0 Å². The van der Waals surface area contributed by atoms with Crippen LogP contribution in [0.15, 0.2) is 36.7 Å². The highest BCUT2D eigenvalue weighted by atomic mass is 35.5. The van der Waals surface area contributed by atoms with Crippen LogP contribution in [-0.2, 0) is 0 Å². The predicted molar refractivity (Wildman–Crippen MR) is 93.0 cm³/mol. The Hall–Kier alpha value is -2.01. The van der Waals surface area contributed by atoms with Crippen molar-refractivity contribution in [1.29, 1.82) is 0 Å². The molecule has 1 aromatic carbocycles. The first-order valence-corrected chi connectivity index (χ1v) is 8.80. The number of halogens is 1. The van der Waals surface area contributed by atoms with Crippen LogP contribution in [0, 0.1) is 0 Å². The quantitative estimate of drug-likeness (QED) is 0.826. The zero-order valence-corrected chi connectivity index (χ0v) is 14.2. The van der Waals surface area contributed by atoms with E-state index in [0.717, 1.165) is 56.1 Å². The van der Waals surface area contributed by atoms with Gasteiger partial charge in [0, 0.05) is 6.54 Å². The fourth-order valence-electron chi connectivity index (χ4n) is 2.92. The number of nitrogens with zero attached hydrogens (tertiary/aromatic N) is 3. The van der Waals surface area contributed by atoms with Gasteiger partial charge in [-0.25, -0.2) is 4.98 Å². The molecule has 0 amide bonds. The van der Waals surface area contributed by atoms with E-state index in [1.165, 1.54) is 0 Å². The summed E-state index contributed by atoms with van der Waals surface area (Å²) in [6.07, 6.45) is 8.10. The summed E-state index contributed by atoms with van der Waals surface area (Å²) in [5.74, 6) is 2.48. The molecule has 2 aliphatic rings. The molecule has 4 rings (SSSR count). The van der Waals surface area contributed by atoms with E-state index in [1.54, 1.807) is 12.4 Å². The summed E-state index contributed by atoms with van der Waals surface area (Å²) < 4.78 is 12.2. The van der Waals surface area contributed by atoms with Gasteiger partial charge in [0.05, 0.1) is 25.0 Å². The Morgan fingerprint density at radius 3 is 2.46 bits per heavy atom. The number of hydrogen-bond acceptors (Lipinski definition) is 5. The number of hydrogen-bond donors (Lipinski definition) is 0. The van der Waals surface area contributed by atoms with E-state index < -0.39 is 0 Å². The number of anilines is 1. The molecule has 1 aromatic heterocycles. The molecule has 0 N–H and O–H groups in total. The van der Waals surface area contributed by atoms with E-state index in [1.807, 2.05) is 24.3 Å². The molecule has 5 nitrogen and oxygen atoms in total. The third-order valence-corrected chi connectivity index (χ3v) is 4.44. The monoisotopic (exact) mass is 345 g/mol. The molecule has 1 aliphatic heterocycles. The summed E-state index contributed by atoms with van der Waals surface area (Å²) in [6, 6.07) is 7.93. The van der Waals surface area contributed by atoms with Crippen LogP contribution in [0.3, 0.4) is 0 Å². The Morgan fingerprint density at radius 1 is 1.00 bits per heavy atom. The predicted octanol–water partition coefficient (Wildman–Crippen LogP) is 3.72. The van der Waals surface area contributed by atoms with Gasteiger partial charge in [-0.05, 0) is 37.8 Å². The molecule has 1 unspecified atom stereocenters. The molecule has 6 heteroatoms. The van der Waals surface area contributed by atoms with E-state index in [0.29, 0.717) is 11.3 Å². The van der Waals surface area contributed by atoms with Gasteiger partial charge < -0.3 is 14.4 Å². The lowest BCUT2D eigenvalue weighted by Gasteiger charge is -2.33. The summed E-state index contributed by atoms with van der Waals surface area (Å²) in [5.41, 5.74) is 0. The molecule has 1 aliphatic carbocycles. The van der Waals surface area contributed by atoms with Crippen LogP contribution in [-0.4, -0.2) is 35.3 Å². The van der Waals surface area contributed by atoms with Gasteiger partial charge in [-0.1, -0.05) is 23.7 Å². The lowest BCUT2D eigenvalue weighted by Crippen LogP contribution is -2.41. The standard InChI is InChI=1S/C18H20ClN3O2/c19-17-10-20-11-18(21-17)22-9-3-4-14(12-22)24-16-6-2-1-5-15(16)23-13-7-8-13/h1-2,5-6,10-11,13-14H,3-4,7-9,12H2. The van der Waals surface area contributed by atoms with E-state index in [9.17, 15) is 0 Å². The number of benzene rings is 1. The number of piperidine rings is 1. The van der Waals surface area contributed by atoms with Gasteiger partial charge >= 0.3 is 0 Å². The average Bonchev–Trinajstić information content (AvgIpc) is 3.41. The maximum absolute atomic E-state index is 6.25. The Morgan fingerprint density at radius 2 is 1.75 bits per heavy atom. The van der Waals surface area contributed by atoms with Crippen molar-refractivity contribution in [3.8, 4) is 11.5 Å². The average molecular weight is 346 g/mol. The highest BCUT2D eigenvalue weighted by Gasteiger charge is 2.27. The highest BCUT2D eigenvalue weighted by molar-refractivity contribution is 6.29. The van der Waals surface area contributed by atoms with E-state index in [2.05, 4.69) is 14.9 Å². The molecule has 126 valence electrons. The van der Waals surface area contributed by atoms with Crippen molar-refractivity contribution in [3.63, 3.8) is 0 Å². The lowest BCUT2D eigenvalue weighted by molar-refractivity contribution is 0.167. The normalized spacial score (nSPS) is 20.7. The van der Waals surface area contributed by atoms with Crippen LogP contribution in [0.2, 0.25) is 5.15 Å². The van der Waals surface area contributed by atoms with Crippen molar-refractivity contribution < 1.29 is 9.47 Å². The highest BCUT2D eigenvalue weighted by Crippen LogP contribution is 2.34. The smallest absolute Gasteiger partial charge is 0.161 e. The summed E-state index contributed by atoms with van der Waals surface area (Å²) in [7, 11) is 0. The van der Waals surface area contributed by atoms with Gasteiger partial charge in [0.1, 0.15) is 17.1 Å². The van der Waals surface area contributed by atoms with E-state index >= 15 is 0 Å². The second-order valence-electron chi connectivity index (χ2n) is 6.29. The third-order valence-electron chi connectivity index (χ3n) is 4.26. The van der Waals surface area contributed by atoms with Crippen LogP contribution in [0.4, 0.5) is 5.82 Å².